The number of methoxy groups -OCH3 is 2. The second-order valence-corrected chi connectivity index (χ2v) is 4.88. The number of carboxylic acids is 1. The number of carboxylic acid groups (broad SMARTS) is 1. The summed E-state index contributed by atoms with van der Waals surface area (Å²) in [6.07, 6.45) is 0.184. The summed E-state index contributed by atoms with van der Waals surface area (Å²) in [5, 5.41) is 8.86. The highest BCUT2D eigenvalue weighted by Crippen LogP contribution is 2.27. The van der Waals surface area contributed by atoms with Crippen molar-refractivity contribution in [2.75, 3.05) is 27.8 Å². The van der Waals surface area contributed by atoms with Crippen molar-refractivity contribution in [1.29, 1.82) is 0 Å². The van der Waals surface area contributed by atoms with Gasteiger partial charge < -0.3 is 19.5 Å². The van der Waals surface area contributed by atoms with Gasteiger partial charge in [0.15, 0.2) is 11.5 Å². The molecular formula is C15H21NO5. The Kier molecular flexibility index (Phi) is 6.02. The molecule has 0 spiro atoms. The average molecular weight is 295 g/mol. The molecule has 0 heterocycles. The molecule has 0 aliphatic carbocycles. The van der Waals surface area contributed by atoms with E-state index in [-0.39, 0.29) is 18.9 Å². The highest BCUT2D eigenvalue weighted by Gasteiger charge is 2.18. The highest BCUT2D eigenvalue weighted by atomic mass is 16.5. The van der Waals surface area contributed by atoms with Gasteiger partial charge in [0, 0.05) is 13.6 Å². The van der Waals surface area contributed by atoms with E-state index in [2.05, 4.69) is 0 Å². The third-order valence-corrected chi connectivity index (χ3v) is 3.20. The quantitative estimate of drug-likeness (QED) is 0.823. The number of likely N-dealkylation sites (N-methyl/N-ethyl adjacent to an activating group) is 1. The zero-order valence-corrected chi connectivity index (χ0v) is 12.8. The molecule has 0 radical (unpaired) electrons. The number of benzene rings is 1. The van der Waals surface area contributed by atoms with Crippen LogP contribution < -0.4 is 9.47 Å². The molecule has 116 valence electrons. The van der Waals surface area contributed by atoms with Gasteiger partial charge in [-0.05, 0) is 17.7 Å². The summed E-state index contributed by atoms with van der Waals surface area (Å²) in [7, 11) is 4.68. The molecule has 0 aliphatic heterocycles. The summed E-state index contributed by atoms with van der Waals surface area (Å²) in [4.78, 5) is 24.3. The van der Waals surface area contributed by atoms with Gasteiger partial charge in [-0.3, -0.25) is 9.59 Å². The Morgan fingerprint density at radius 3 is 2.38 bits per heavy atom. The lowest BCUT2D eigenvalue weighted by atomic mass is 10.1. The predicted octanol–water partition coefficient (Wildman–Crippen LogP) is 1.43. The summed E-state index contributed by atoms with van der Waals surface area (Å²) >= 11 is 0. The van der Waals surface area contributed by atoms with E-state index in [1.54, 1.807) is 39.3 Å². The molecule has 0 aromatic heterocycles. The highest BCUT2D eigenvalue weighted by molar-refractivity contribution is 5.79. The minimum Gasteiger partial charge on any atom is -0.493 e. The molecular weight excluding hydrogens is 274 g/mol. The normalized spacial score (nSPS) is 11.6. The second-order valence-electron chi connectivity index (χ2n) is 4.88. The first-order chi connectivity index (χ1) is 9.88. The van der Waals surface area contributed by atoms with E-state index in [1.807, 2.05) is 0 Å². The van der Waals surface area contributed by atoms with Crippen molar-refractivity contribution in [1.82, 2.24) is 4.90 Å². The molecule has 1 rings (SSSR count). The molecule has 0 fully saturated rings. The molecule has 6 nitrogen and oxygen atoms in total. The molecule has 21 heavy (non-hydrogen) atoms. The number of nitrogens with zero attached hydrogens (tertiary/aromatic N) is 1. The molecule has 0 saturated heterocycles. The van der Waals surface area contributed by atoms with Gasteiger partial charge >= 0.3 is 5.97 Å². The molecule has 1 aromatic carbocycles. The van der Waals surface area contributed by atoms with Gasteiger partial charge in [-0.1, -0.05) is 13.0 Å². The largest absolute Gasteiger partial charge is 0.493 e. The standard InChI is InChI=1S/C15H21NO5/c1-10(15(18)19)9-16(2)14(17)8-11-5-6-12(20-3)13(7-11)21-4/h5-7,10H,8-9H2,1-4H3,(H,18,19). The number of rotatable bonds is 7. The Labute approximate surface area is 124 Å². The molecule has 0 bridgehead atoms. The van der Waals surface area contributed by atoms with Crippen molar-refractivity contribution in [2.24, 2.45) is 5.92 Å². The maximum atomic E-state index is 12.1. The van der Waals surface area contributed by atoms with Gasteiger partial charge in [0.05, 0.1) is 26.6 Å². The lowest BCUT2D eigenvalue weighted by Crippen LogP contribution is -2.34. The van der Waals surface area contributed by atoms with E-state index in [4.69, 9.17) is 14.6 Å². The van der Waals surface area contributed by atoms with Crippen molar-refractivity contribution in [3.63, 3.8) is 0 Å². The zero-order chi connectivity index (χ0) is 16.0. The van der Waals surface area contributed by atoms with E-state index < -0.39 is 11.9 Å². The molecule has 6 heteroatoms. The topological polar surface area (TPSA) is 76.1 Å². The first kappa shape index (κ1) is 16.8. The van der Waals surface area contributed by atoms with Crippen LogP contribution in [0.5, 0.6) is 11.5 Å². The third-order valence-electron chi connectivity index (χ3n) is 3.20. The summed E-state index contributed by atoms with van der Waals surface area (Å²) in [6.45, 7) is 1.75. The van der Waals surface area contributed by atoms with Crippen molar-refractivity contribution < 1.29 is 24.2 Å². The van der Waals surface area contributed by atoms with Gasteiger partial charge in [-0.15, -0.1) is 0 Å². The Balaban J connectivity index is 2.72. The van der Waals surface area contributed by atoms with Gasteiger partial charge in [0.2, 0.25) is 5.91 Å². The summed E-state index contributed by atoms with van der Waals surface area (Å²) < 4.78 is 10.3. The molecule has 1 N–H and O–H groups in total. The Morgan fingerprint density at radius 2 is 1.86 bits per heavy atom. The zero-order valence-electron chi connectivity index (χ0n) is 12.8. The molecule has 0 saturated carbocycles. The first-order valence-corrected chi connectivity index (χ1v) is 6.56. The monoisotopic (exact) mass is 295 g/mol. The van der Waals surface area contributed by atoms with Crippen LogP contribution in [-0.4, -0.2) is 49.7 Å². The van der Waals surface area contributed by atoms with Crippen LogP contribution in [-0.2, 0) is 16.0 Å². The second kappa shape index (κ2) is 7.52. The van der Waals surface area contributed by atoms with Crippen LogP contribution in [0.1, 0.15) is 12.5 Å². The van der Waals surface area contributed by atoms with Gasteiger partial charge in [-0.25, -0.2) is 0 Å². The predicted molar refractivity (Wildman–Crippen MR) is 77.7 cm³/mol. The number of hydrogen-bond acceptors (Lipinski definition) is 4. The van der Waals surface area contributed by atoms with Crippen molar-refractivity contribution in [3.05, 3.63) is 23.8 Å². The number of aliphatic carboxylic acids is 1. The Hall–Kier alpha value is -2.24. The SMILES string of the molecule is COc1ccc(CC(=O)N(C)CC(C)C(=O)O)cc1OC. The summed E-state index contributed by atoms with van der Waals surface area (Å²) in [5.41, 5.74) is 0.785. The van der Waals surface area contributed by atoms with E-state index in [0.717, 1.165) is 5.56 Å². The fourth-order valence-corrected chi connectivity index (χ4v) is 1.89. The number of amides is 1. The fraction of sp³-hybridized carbons (Fsp3) is 0.467. The number of carbonyl (C=O) groups is 2. The van der Waals surface area contributed by atoms with Gasteiger partial charge in [-0.2, -0.15) is 0 Å². The number of hydrogen-bond donors (Lipinski definition) is 1. The summed E-state index contributed by atoms with van der Waals surface area (Å²) in [5.74, 6) is -0.494. The van der Waals surface area contributed by atoms with Crippen LogP contribution in [0, 0.1) is 5.92 Å². The smallest absolute Gasteiger partial charge is 0.308 e. The number of carbonyl (C=O) groups excluding carboxylic acids is 1. The van der Waals surface area contributed by atoms with Crippen LogP contribution in [0.15, 0.2) is 18.2 Å². The molecule has 1 atom stereocenters. The van der Waals surface area contributed by atoms with Crippen molar-refractivity contribution in [3.8, 4) is 11.5 Å². The maximum Gasteiger partial charge on any atom is 0.308 e. The molecule has 1 aromatic rings. The first-order valence-electron chi connectivity index (χ1n) is 6.56. The van der Waals surface area contributed by atoms with Crippen molar-refractivity contribution >= 4 is 11.9 Å². The van der Waals surface area contributed by atoms with Gasteiger partial charge in [0.25, 0.3) is 0 Å². The maximum absolute atomic E-state index is 12.1. The van der Waals surface area contributed by atoms with Crippen LogP contribution in [0.4, 0.5) is 0 Å². The minimum atomic E-state index is -0.916. The summed E-state index contributed by atoms with van der Waals surface area (Å²) in [6, 6.07) is 5.26. The lowest BCUT2D eigenvalue weighted by molar-refractivity contribution is -0.142. The molecule has 0 aliphatic rings. The molecule has 1 amide bonds. The number of ether oxygens (including phenoxy) is 2. The van der Waals surface area contributed by atoms with Crippen LogP contribution in [0.3, 0.4) is 0 Å². The van der Waals surface area contributed by atoms with Gasteiger partial charge in [0.1, 0.15) is 0 Å². The van der Waals surface area contributed by atoms with E-state index in [0.29, 0.717) is 11.5 Å². The average Bonchev–Trinajstić information content (AvgIpc) is 2.46. The van der Waals surface area contributed by atoms with Crippen LogP contribution in [0.25, 0.3) is 0 Å². The van der Waals surface area contributed by atoms with E-state index in [9.17, 15) is 9.59 Å². The minimum absolute atomic E-state index is 0.143. The molecule has 1 unspecified atom stereocenters. The third kappa shape index (κ3) is 4.66. The fourth-order valence-electron chi connectivity index (χ4n) is 1.89. The van der Waals surface area contributed by atoms with Crippen molar-refractivity contribution in [2.45, 2.75) is 13.3 Å². The Bertz CT molecular complexity index is 515. The van der Waals surface area contributed by atoms with E-state index in [1.165, 1.54) is 12.0 Å². The van der Waals surface area contributed by atoms with Crippen LogP contribution in [0.2, 0.25) is 0 Å². The Morgan fingerprint density at radius 1 is 1.24 bits per heavy atom. The van der Waals surface area contributed by atoms with Crippen LogP contribution >= 0.6 is 0 Å². The lowest BCUT2D eigenvalue weighted by Gasteiger charge is -2.19. The van der Waals surface area contributed by atoms with E-state index >= 15 is 0 Å².